The molecular formula is C18H24N2O2. The highest BCUT2D eigenvalue weighted by molar-refractivity contribution is 5.70. The van der Waals surface area contributed by atoms with Crippen LogP contribution in [0.15, 0.2) is 34.9 Å². The average Bonchev–Trinajstić information content (AvgIpc) is 2.96. The molecule has 0 aliphatic heterocycles. The van der Waals surface area contributed by atoms with E-state index in [0.717, 1.165) is 42.4 Å². The van der Waals surface area contributed by atoms with Gasteiger partial charge in [-0.2, -0.15) is 0 Å². The first-order valence-electron chi connectivity index (χ1n) is 7.78. The molecule has 1 aromatic heterocycles. The van der Waals surface area contributed by atoms with Gasteiger partial charge in [-0.05, 0) is 38.2 Å². The maximum Gasteiger partial charge on any atom is 0.159 e. The Morgan fingerprint density at radius 1 is 1.18 bits per heavy atom. The van der Waals surface area contributed by atoms with E-state index >= 15 is 0 Å². The molecule has 0 aliphatic carbocycles. The summed E-state index contributed by atoms with van der Waals surface area (Å²) in [6.45, 7) is 9.96. The van der Waals surface area contributed by atoms with E-state index in [0.29, 0.717) is 6.61 Å². The van der Waals surface area contributed by atoms with Crippen molar-refractivity contribution in [2.24, 2.45) is 0 Å². The molecule has 1 aromatic carbocycles. The molecule has 0 spiro atoms. The lowest BCUT2D eigenvalue weighted by molar-refractivity contribution is 0.222. The van der Waals surface area contributed by atoms with E-state index in [1.165, 1.54) is 0 Å². The molecule has 22 heavy (non-hydrogen) atoms. The summed E-state index contributed by atoms with van der Waals surface area (Å²) in [5.41, 5.74) is 1.92. The van der Waals surface area contributed by atoms with Crippen molar-refractivity contribution in [3.8, 4) is 5.75 Å². The van der Waals surface area contributed by atoms with Crippen molar-refractivity contribution < 1.29 is 9.26 Å². The molecule has 0 bridgehead atoms. The van der Waals surface area contributed by atoms with Gasteiger partial charge in [-0.15, -0.1) is 0 Å². The molecule has 0 radical (unpaired) electrons. The Labute approximate surface area is 132 Å². The first-order valence-corrected chi connectivity index (χ1v) is 7.78. The zero-order chi connectivity index (χ0) is 15.8. The summed E-state index contributed by atoms with van der Waals surface area (Å²) >= 11 is 0. The zero-order valence-corrected chi connectivity index (χ0v) is 13.6. The summed E-state index contributed by atoms with van der Waals surface area (Å²) in [6.07, 6.45) is 3.90. The van der Waals surface area contributed by atoms with Gasteiger partial charge in [0.05, 0.1) is 5.69 Å². The molecule has 0 amide bonds. The van der Waals surface area contributed by atoms with Crippen molar-refractivity contribution in [2.75, 3.05) is 26.2 Å². The van der Waals surface area contributed by atoms with Crippen LogP contribution >= 0.6 is 0 Å². The van der Waals surface area contributed by atoms with Crippen LogP contribution in [0.3, 0.4) is 0 Å². The molecule has 0 N–H and O–H groups in total. The lowest BCUT2D eigenvalue weighted by atomic mass is 10.2. The first-order chi connectivity index (χ1) is 10.7. The highest BCUT2D eigenvalue weighted by atomic mass is 16.5. The number of likely N-dealkylation sites (N-methyl/N-ethyl adjacent to an activating group) is 1. The summed E-state index contributed by atoms with van der Waals surface area (Å²) in [5.74, 6) is 1.64. The first kappa shape index (κ1) is 16.3. The van der Waals surface area contributed by atoms with E-state index in [9.17, 15) is 0 Å². The van der Waals surface area contributed by atoms with E-state index in [2.05, 4.69) is 23.9 Å². The number of nitrogens with zero attached hydrogens (tertiary/aromatic N) is 2. The minimum Gasteiger partial charge on any atom is -0.492 e. The van der Waals surface area contributed by atoms with Crippen molar-refractivity contribution >= 4 is 12.2 Å². The number of para-hydroxylation sites is 1. The summed E-state index contributed by atoms with van der Waals surface area (Å²) < 4.78 is 11.1. The fraction of sp³-hybridized carbons (Fsp3) is 0.389. The number of benzene rings is 1. The molecule has 2 aromatic rings. The predicted octanol–water partition coefficient (Wildman–Crippen LogP) is 3.87. The number of ether oxygens (including phenoxy) is 1. The van der Waals surface area contributed by atoms with Gasteiger partial charge in [0.25, 0.3) is 0 Å². The quantitative estimate of drug-likeness (QED) is 0.741. The smallest absolute Gasteiger partial charge is 0.159 e. The Hall–Kier alpha value is -2.07. The van der Waals surface area contributed by atoms with Gasteiger partial charge in [0.1, 0.15) is 12.4 Å². The van der Waals surface area contributed by atoms with Gasteiger partial charge in [-0.1, -0.05) is 37.2 Å². The molecule has 2 rings (SSSR count). The Morgan fingerprint density at radius 2 is 1.95 bits per heavy atom. The van der Waals surface area contributed by atoms with Crippen LogP contribution in [0.2, 0.25) is 0 Å². The van der Waals surface area contributed by atoms with E-state index in [-0.39, 0.29) is 0 Å². The third-order valence-corrected chi connectivity index (χ3v) is 3.55. The second-order valence-corrected chi connectivity index (χ2v) is 5.12. The summed E-state index contributed by atoms with van der Waals surface area (Å²) in [5, 5.41) is 3.88. The standard InChI is InChI=1S/C18H24N2O2/c1-4-20(5-2)12-13-21-18-9-7-6-8-16(18)10-11-17-14-15(3)19-22-17/h6-11,14H,4-5,12-13H2,1-3H3/b11-10+. The van der Waals surface area contributed by atoms with Crippen LogP contribution in [0.5, 0.6) is 5.75 Å². The third kappa shape index (κ3) is 4.74. The van der Waals surface area contributed by atoms with Crippen LogP contribution in [0.4, 0.5) is 0 Å². The Kier molecular flexibility index (Phi) is 6.22. The van der Waals surface area contributed by atoms with Crippen LogP contribution in [0.1, 0.15) is 30.9 Å². The van der Waals surface area contributed by atoms with Crippen LogP contribution < -0.4 is 4.74 Å². The molecule has 4 nitrogen and oxygen atoms in total. The zero-order valence-electron chi connectivity index (χ0n) is 13.6. The van der Waals surface area contributed by atoms with Crippen LogP contribution in [0, 0.1) is 6.92 Å². The van der Waals surface area contributed by atoms with Crippen LogP contribution in [-0.2, 0) is 0 Å². The van der Waals surface area contributed by atoms with Gasteiger partial charge < -0.3 is 14.2 Å². The van der Waals surface area contributed by atoms with Gasteiger partial charge in [-0.25, -0.2) is 0 Å². The Balaban J connectivity index is 1.99. The number of rotatable bonds is 8. The highest BCUT2D eigenvalue weighted by Crippen LogP contribution is 2.20. The minimum atomic E-state index is 0.688. The van der Waals surface area contributed by atoms with Crippen molar-refractivity contribution in [2.45, 2.75) is 20.8 Å². The van der Waals surface area contributed by atoms with Crippen molar-refractivity contribution in [3.63, 3.8) is 0 Å². The maximum atomic E-state index is 5.93. The fourth-order valence-electron chi connectivity index (χ4n) is 2.21. The largest absolute Gasteiger partial charge is 0.492 e. The topological polar surface area (TPSA) is 38.5 Å². The average molecular weight is 300 g/mol. The molecule has 0 saturated carbocycles. The van der Waals surface area contributed by atoms with E-state index in [4.69, 9.17) is 9.26 Å². The van der Waals surface area contributed by atoms with Gasteiger partial charge in [0, 0.05) is 18.2 Å². The van der Waals surface area contributed by atoms with Crippen LogP contribution in [0.25, 0.3) is 12.2 Å². The van der Waals surface area contributed by atoms with Crippen LogP contribution in [-0.4, -0.2) is 36.3 Å². The molecular weight excluding hydrogens is 276 g/mol. The van der Waals surface area contributed by atoms with Gasteiger partial charge in [0.15, 0.2) is 5.76 Å². The van der Waals surface area contributed by atoms with Crippen molar-refractivity contribution in [1.82, 2.24) is 10.1 Å². The fourth-order valence-corrected chi connectivity index (χ4v) is 2.21. The molecule has 0 unspecified atom stereocenters. The number of hydrogen-bond acceptors (Lipinski definition) is 4. The summed E-state index contributed by atoms with van der Waals surface area (Å²) in [4.78, 5) is 2.34. The number of aryl methyl sites for hydroxylation is 1. The van der Waals surface area contributed by atoms with E-state index in [1.807, 2.05) is 49.4 Å². The summed E-state index contributed by atoms with van der Waals surface area (Å²) in [7, 11) is 0. The molecule has 0 fully saturated rings. The van der Waals surface area contributed by atoms with Gasteiger partial charge in [-0.3, -0.25) is 0 Å². The Bertz CT molecular complexity index is 601. The van der Waals surface area contributed by atoms with E-state index in [1.54, 1.807) is 0 Å². The molecule has 1 heterocycles. The predicted molar refractivity (Wildman–Crippen MR) is 89.9 cm³/mol. The minimum absolute atomic E-state index is 0.688. The monoisotopic (exact) mass is 300 g/mol. The maximum absolute atomic E-state index is 5.93. The normalized spacial score (nSPS) is 11.5. The molecule has 0 atom stereocenters. The van der Waals surface area contributed by atoms with Crippen molar-refractivity contribution in [3.05, 3.63) is 47.3 Å². The van der Waals surface area contributed by atoms with Gasteiger partial charge >= 0.3 is 0 Å². The van der Waals surface area contributed by atoms with E-state index < -0.39 is 0 Å². The highest BCUT2D eigenvalue weighted by Gasteiger charge is 2.03. The molecule has 0 aliphatic rings. The number of hydrogen-bond donors (Lipinski definition) is 0. The lowest BCUT2D eigenvalue weighted by Gasteiger charge is -2.18. The second-order valence-electron chi connectivity index (χ2n) is 5.12. The number of aromatic nitrogens is 1. The summed E-state index contributed by atoms with van der Waals surface area (Å²) in [6, 6.07) is 9.92. The molecule has 0 saturated heterocycles. The lowest BCUT2D eigenvalue weighted by Crippen LogP contribution is -2.27. The third-order valence-electron chi connectivity index (χ3n) is 3.55. The SMILES string of the molecule is CCN(CC)CCOc1ccccc1/C=C/c1cc(C)no1. The van der Waals surface area contributed by atoms with Crippen molar-refractivity contribution in [1.29, 1.82) is 0 Å². The van der Waals surface area contributed by atoms with Gasteiger partial charge in [0.2, 0.25) is 0 Å². The molecule has 4 heteroatoms. The second kappa shape index (κ2) is 8.39. The molecule has 118 valence electrons. The Morgan fingerprint density at radius 3 is 2.64 bits per heavy atom.